The number of rotatable bonds is 66. The van der Waals surface area contributed by atoms with Crippen LogP contribution in [0.1, 0.15) is 380 Å². The molecule has 2 N–H and O–H groups in total. The second-order valence-corrected chi connectivity index (χ2v) is 27.0. The molecule has 0 aliphatic rings. The number of likely N-dealkylation sites (N-methyl/N-ethyl adjacent to an activating group) is 1. The van der Waals surface area contributed by atoms with Crippen molar-refractivity contribution in [2.45, 2.75) is 392 Å². The van der Waals surface area contributed by atoms with Gasteiger partial charge in [0.2, 0.25) is 5.91 Å². The van der Waals surface area contributed by atoms with Crippen LogP contribution >= 0.6 is 7.82 Å². The molecule has 0 spiro atoms. The van der Waals surface area contributed by atoms with E-state index in [0.29, 0.717) is 23.9 Å². The standard InChI is InChI=1S/C68H139N2O6P/c1-6-8-10-12-14-16-18-20-22-24-26-28-30-32-34-36-38-40-42-44-46-48-50-52-54-56-58-60-62-68(72)69-66(65-76-77(73,74)75-64-63-70(3,4)5)67(71)61-59-57-55-53-51-49-47-45-43-41-39-37-35-33-31-29-27-25-23-21-19-17-15-13-11-9-7-2/h66-67,71H,6-65H2,1-5H3,(H-,69,72,73,74). The molecule has 0 saturated heterocycles. The summed E-state index contributed by atoms with van der Waals surface area (Å²) in [6, 6.07) is -0.797. The summed E-state index contributed by atoms with van der Waals surface area (Å²) in [6.07, 6.45) is 74.7. The first kappa shape index (κ1) is 76.5. The van der Waals surface area contributed by atoms with Crippen molar-refractivity contribution in [2.24, 2.45) is 0 Å². The number of aliphatic hydroxyl groups excluding tert-OH is 1. The molecule has 462 valence electrons. The lowest BCUT2D eigenvalue weighted by Gasteiger charge is -2.30. The number of amides is 1. The van der Waals surface area contributed by atoms with Crippen LogP contribution in [-0.2, 0) is 18.4 Å². The molecule has 77 heavy (non-hydrogen) atoms. The number of unbranched alkanes of at least 4 members (excludes halogenated alkanes) is 53. The van der Waals surface area contributed by atoms with Crippen molar-refractivity contribution in [3.8, 4) is 0 Å². The largest absolute Gasteiger partial charge is 0.756 e. The van der Waals surface area contributed by atoms with E-state index in [-0.39, 0.29) is 19.1 Å². The van der Waals surface area contributed by atoms with Crippen LogP contribution in [0, 0.1) is 0 Å². The van der Waals surface area contributed by atoms with E-state index in [0.717, 1.165) is 38.5 Å². The summed E-state index contributed by atoms with van der Waals surface area (Å²) in [7, 11) is 1.33. The normalized spacial score (nSPS) is 13.6. The van der Waals surface area contributed by atoms with Gasteiger partial charge in [-0.25, -0.2) is 0 Å². The third kappa shape index (κ3) is 62.9. The number of nitrogens with one attached hydrogen (secondary N) is 1. The maximum Gasteiger partial charge on any atom is 0.268 e. The molecule has 9 heteroatoms. The Hall–Kier alpha value is -0.500. The van der Waals surface area contributed by atoms with Gasteiger partial charge >= 0.3 is 0 Å². The monoisotopic (exact) mass is 1110 g/mol. The minimum absolute atomic E-state index is 0.0170. The molecule has 0 aliphatic heterocycles. The van der Waals surface area contributed by atoms with Crippen LogP contribution in [0.2, 0.25) is 0 Å². The number of carbonyl (C=O) groups excluding carboxylic acids is 1. The number of carbonyl (C=O) groups is 1. The van der Waals surface area contributed by atoms with E-state index in [2.05, 4.69) is 19.2 Å². The number of aliphatic hydroxyl groups is 1. The predicted octanol–water partition coefficient (Wildman–Crippen LogP) is 21.3. The van der Waals surface area contributed by atoms with Gasteiger partial charge in [-0.05, 0) is 12.8 Å². The van der Waals surface area contributed by atoms with Crippen molar-refractivity contribution in [1.29, 1.82) is 0 Å². The van der Waals surface area contributed by atoms with Crippen LogP contribution in [0.25, 0.3) is 0 Å². The number of quaternary nitrogens is 1. The highest BCUT2D eigenvalue weighted by molar-refractivity contribution is 7.45. The topological polar surface area (TPSA) is 108 Å². The Bertz CT molecular complexity index is 1220. The molecule has 1 amide bonds. The minimum Gasteiger partial charge on any atom is -0.756 e. The van der Waals surface area contributed by atoms with Gasteiger partial charge in [0.1, 0.15) is 13.2 Å². The van der Waals surface area contributed by atoms with Gasteiger partial charge in [-0.1, -0.05) is 361 Å². The Balaban J connectivity index is 3.99. The van der Waals surface area contributed by atoms with Crippen LogP contribution in [0.15, 0.2) is 0 Å². The second kappa shape index (κ2) is 60.1. The van der Waals surface area contributed by atoms with Crippen molar-refractivity contribution >= 4 is 13.7 Å². The van der Waals surface area contributed by atoms with Gasteiger partial charge in [0.25, 0.3) is 7.82 Å². The molecule has 8 nitrogen and oxygen atoms in total. The van der Waals surface area contributed by atoms with E-state index in [1.54, 1.807) is 0 Å². The van der Waals surface area contributed by atoms with Crippen LogP contribution in [-0.4, -0.2) is 68.5 Å². The Morgan fingerprint density at radius 2 is 0.636 bits per heavy atom. The molecule has 0 aromatic rings. The van der Waals surface area contributed by atoms with E-state index < -0.39 is 20.0 Å². The van der Waals surface area contributed by atoms with Crippen molar-refractivity contribution in [3.05, 3.63) is 0 Å². The van der Waals surface area contributed by atoms with Crippen molar-refractivity contribution in [2.75, 3.05) is 40.9 Å². The third-order valence-electron chi connectivity index (χ3n) is 16.6. The fourth-order valence-electron chi connectivity index (χ4n) is 11.2. The second-order valence-electron chi connectivity index (χ2n) is 25.6. The first-order valence-corrected chi connectivity index (χ1v) is 36.3. The van der Waals surface area contributed by atoms with Gasteiger partial charge in [-0.3, -0.25) is 9.36 Å². The lowest BCUT2D eigenvalue weighted by atomic mass is 10.0. The number of phosphoric ester groups is 1. The van der Waals surface area contributed by atoms with E-state index in [1.165, 1.54) is 315 Å². The average Bonchev–Trinajstić information content (AvgIpc) is 3.39. The molecule has 3 unspecified atom stereocenters. The van der Waals surface area contributed by atoms with Crippen molar-refractivity contribution < 1.29 is 32.9 Å². The van der Waals surface area contributed by atoms with E-state index in [4.69, 9.17) is 9.05 Å². The maximum atomic E-state index is 13.1. The van der Waals surface area contributed by atoms with E-state index >= 15 is 0 Å². The number of hydrogen-bond acceptors (Lipinski definition) is 6. The van der Waals surface area contributed by atoms with Crippen molar-refractivity contribution in [3.63, 3.8) is 0 Å². The lowest BCUT2D eigenvalue weighted by Crippen LogP contribution is -2.46. The molecule has 0 aliphatic carbocycles. The zero-order valence-electron chi connectivity index (χ0n) is 53.0. The number of hydrogen-bond donors (Lipinski definition) is 2. The van der Waals surface area contributed by atoms with Crippen LogP contribution in [0.4, 0.5) is 0 Å². The Labute approximate surface area is 482 Å². The molecule has 0 aromatic carbocycles. The number of phosphoric acid groups is 1. The molecule has 0 heterocycles. The summed E-state index contributed by atoms with van der Waals surface area (Å²) in [5.41, 5.74) is 0. The van der Waals surface area contributed by atoms with Gasteiger partial charge in [-0.15, -0.1) is 0 Å². The highest BCUT2D eigenvalue weighted by atomic mass is 31.2. The maximum absolute atomic E-state index is 13.1. The lowest BCUT2D eigenvalue weighted by molar-refractivity contribution is -0.870. The minimum atomic E-state index is -4.57. The Morgan fingerprint density at radius 1 is 0.403 bits per heavy atom. The molecular weight excluding hydrogens is 972 g/mol. The quantitative estimate of drug-likeness (QED) is 0.0357. The van der Waals surface area contributed by atoms with Gasteiger partial charge in [0, 0.05) is 6.42 Å². The van der Waals surface area contributed by atoms with Crippen molar-refractivity contribution in [1.82, 2.24) is 5.32 Å². The zero-order chi connectivity index (χ0) is 56.3. The summed E-state index contributed by atoms with van der Waals surface area (Å²) in [5.74, 6) is -0.153. The predicted molar refractivity (Wildman–Crippen MR) is 335 cm³/mol. The van der Waals surface area contributed by atoms with Crippen LogP contribution in [0.5, 0.6) is 0 Å². The Morgan fingerprint density at radius 3 is 0.883 bits per heavy atom. The fraction of sp³-hybridized carbons (Fsp3) is 0.985. The summed E-state index contributed by atoms with van der Waals surface area (Å²) < 4.78 is 23.5. The highest BCUT2D eigenvalue weighted by Crippen LogP contribution is 2.38. The molecule has 0 aromatic heterocycles. The number of nitrogens with zero attached hydrogens (tertiary/aromatic N) is 1. The van der Waals surface area contributed by atoms with E-state index in [1.807, 2.05) is 21.1 Å². The first-order chi connectivity index (χ1) is 37.5. The van der Waals surface area contributed by atoms with Gasteiger partial charge in [0.15, 0.2) is 0 Å². The van der Waals surface area contributed by atoms with Crippen LogP contribution in [0.3, 0.4) is 0 Å². The molecule has 0 bridgehead atoms. The van der Waals surface area contributed by atoms with E-state index in [9.17, 15) is 19.4 Å². The SMILES string of the molecule is CCCCCCCCCCCCCCCCCCCCCCCCCCCCCCC(=O)NC(COP(=O)([O-])OCC[N+](C)(C)C)C(O)CCCCCCCCCCCCCCCCCCCCCCCCCCCCC. The van der Waals surface area contributed by atoms with Gasteiger partial charge < -0.3 is 28.8 Å². The average molecular weight is 1110 g/mol. The summed E-state index contributed by atoms with van der Waals surface area (Å²) in [4.78, 5) is 25.7. The molecule has 0 radical (unpaired) electrons. The van der Waals surface area contributed by atoms with Gasteiger partial charge in [-0.2, -0.15) is 0 Å². The zero-order valence-corrected chi connectivity index (χ0v) is 53.9. The van der Waals surface area contributed by atoms with Gasteiger partial charge in [0.05, 0.1) is 39.9 Å². The molecule has 0 rings (SSSR count). The summed E-state index contributed by atoms with van der Waals surface area (Å²) >= 11 is 0. The molecule has 0 fully saturated rings. The summed E-state index contributed by atoms with van der Waals surface area (Å²) in [5, 5.41) is 14.1. The summed E-state index contributed by atoms with van der Waals surface area (Å²) in [6.45, 7) is 4.80. The third-order valence-corrected chi connectivity index (χ3v) is 17.6. The molecular formula is C68H139N2O6P. The Kier molecular flexibility index (Phi) is 59.7. The smallest absolute Gasteiger partial charge is 0.268 e. The fourth-order valence-corrected chi connectivity index (χ4v) is 11.9. The first-order valence-electron chi connectivity index (χ1n) is 34.9. The highest BCUT2D eigenvalue weighted by Gasteiger charge is 2.24. The molecule has 3 atom stereocenters. The molecule has 0 saturated carbocycles. The van der Waals surface area contributed by atoms with Crippen LogP contribution < -0.4 is 10.2 Å².